The molecule has 1 aromatic rings. The maximum absolute atomic E-state index is 11.1. The molecule has 1 heterocycles. The van der Waals surface area contributed by atoms with Crippen LogP contribution in [-0.4, -0.2) is 35.4 Å². The topological polar surface area (TPSA) is 71.2 Å². The zero-order chi connectivity index (χ0) is 14.3. The van der Waals surface area contributed by atoms with Crippen LogP contribution in [0.5, 0.6) is 0 Å². The molecule has 0 atom stereocenters. The van der Waals surface area contributed by atoms with E-state index in [0.29, 0.717) is 12.5 Å². The van der Waals surface area contributed by atoms with Crippen LogP contribution in [-0.2, 0) is 11.3 Å². The minimum absolute atomic E-state index is 0.276. The summed E-state index contributed by atoms with van der Waals surface area (Å²) in [7, 11) is 0. The van der Waals surface area contributed by atoms with E-state index in [1.807, 2.05) is 19.1 Å². The van der Waals surface area contributed by atoms with Crippen molar-refractivity contribution >= 4 is 11.7 Å². The number of carbonyl (C=O) groups excluding carboxylic acids is 1. The second kappa shape index (κ2) is 7.74. The highest BCUT2D eigenvalue weighted by molar-refractivity contribution is 5.75. The Bertz CT molecular complexity index is 406. The molecule has 106 valence electrons. The molecule has 0 aliphatic heterocycles. The summed E-state index contributed by atoms with van der Waals surface area (Å²) < 4.78 is 0. The molecule has 0 aliphatic rings. The van der Waals surface area contributed by atoms with Crippen molar-refractivity contribution < 1.29 is 4.79 Å². The molecule has 0 bridgehead atoms. The first kappa shape index (κ1) is 15.4. The molecule has 19 heavy (non-hydrogen) atoms. The number of hydrogen-bond acceptors (Lipinski definition) is 4. The van der Waals surface area contributed by atoms with Gasteiger partial charge in [0.15, 0.2) is 0 Å². The molecule has 0 unspecified atom stereocenters. The van der Waals surface area contributed by atoms with Crippen LogP contribution in [0.15, 0.2) is 18.3 Å². The Hall–Kier alpha value is -1.62. The molecular formula is C14H24N4O. The third kappa shape index (κ3) is 5.70. The van der Waals surface area contributed by atoms with E-state index in [9.17, 15) is 4.79 Å². The second-order valence-corrected chi connectivity index (χ2v) is 5.07. The van der Waals surface area contributed by atoms with Gasteiger partial charge in [0, 0.05) is 31.4 Å². The van der Waals surface area contributed by atoms with Crippen LogP contribution < -0.4 is 11.1 Å². The molecule has 0 saturated carbocycles. The zero-order valence-electron chi connectivity index (χ0n) is 12.0. The van der Waals surface area contributed by atoms with Gasteiger partial charge < -0.3 is 11.1 Å². The molecule has 0 fully saturated rings. The fraction of sp³-hybridized carbons (Fsp3) is 0.571. The molecule has 1 amide bonds. The molecule has 1 rings (SSSR count). The number of rotatable bonds is 8. The van der Waals surface area contributed by atoms with Gasteiger partial charge in [0.05, 0.1) is 6.54 Å². The molecule has 0 aromatic carbocycles. The largest absolute Gasteiger partial charge is 0.370 e. The summed E-state index contributed by atoms with van der Waals surface area (Å²) in [5.74, 6) is 1.07. The molecular weight excluding hydrogens is 240 g/mol. The zero-order valence-corrected chi connectivity index (χ0v) is 12.0. The highest BCUT2D eigenvalue weighted by atomic mass is 16.1. The lowest BCUT2D eigenvalue weighted by Crippen LogP contribution is -2.36. The Morgan fingerprint density at radius 1 is 1.53 bits per heavy atom. The molecule has 5 nitrogen and oxygen atoms in total. The maximum atomic E-state index is 11.1. The van der Waals surface area contributed by atoms with Crippen LogP contribution in [0.1, 0.15) is 26.3 Å². The van der Waals surface area contributed by atoms with E-state index in [1.54, 1.807) is 6.20 Å². The summed E-state index contributed by atoms with van der Waals surface area (Å²) in [6.45, 7) is 8.90. The molecule has 3 N–H and O–H groups in total. The Labute approximate surface area is 115 Å². The van der Waals surface area contributed by atoms with Crippen molar-refractivity contribution in [3.63, 3.8) is 0 Å². The normalized spacial score (nSPS) is 11.0. The van der Waals surface area contributed by atoms with E-state index in [-0.39, 0.29) is 12.5 Å². The van der Waals surface area contributed by atoms with Crippen LogP contribution in [0.4, 0.5) is 5.82 Å². The van der Waals surface area contributed by atoms with Crippen LogP contribution in [0, 0.1) is 5.92 Å². The monoisotopic (exact) mass is 264 g/mol. The van der Waals surface area contributed by atoms with Gasteiger partial charge in [-0.15, -0.1) is 0 Å². The Balaban J connectivity index is 2.79. The summed E-state index contributed by atoms with van der Waals surface area (Å²) in [5, 5.41) is 3.23. The first-order valence-corrected chi connectivity index (χ1v) is 6.71. The SMILES string of the molecule is CCNc1ncccc1CN(CC(N)=O)CC(C)C. The number of anilines is 1. The third-order valence-electron chi connectivity index (χ3n) is 2.63. The van der Waals surface area contributed by atoms with Crippen LogP contribution in [0.25, 0.3) is 0 Å². The van der Waals surface area contributed by atoms with Gasteiger partial charge in [0.1, 0.15) is 5.82 Å². The van der Waals surface area contributed by atoms with Gasteiger partial charge in [-0.1, -0.05) is 19.9 Å². The van der Waals surface area contributed by atoms with Crippen molar-refractivity contribution in [3.8, 4) is 0 Å². The van der Waals surface area contributed by atoms with E-state index in [2.05, 4.69) is 29.0 Å². The standard InChI is InChI=1S/C14H24N4O/c1-4-16-14-12(6-5-7-17-14)9-18(8-11(2)3)10-13(15)19/h5-7,11H,4,8-10H2,1-3H3,(H2,15,19)(H,16,17). The highest BCUT2D eigenvalue weighted by Crippen LogP contribution is 2.14. The lowest BCUT2D eigenvalue weighted by atomic mass is 10.1. The maximum Gasteiger partial charge on any atom is 0.231 e. The van der Waals surface area contributed by atoms with Crippen LogP contribution in [0.2, 0.25) is 0 Å². The number of hydrogen-bond donors (Lipinski definition) is 2. The predicted molar refractivity (Wildman–Crippen MR) is 77.7 cm³/mol. The quantitative estimate of drug-likeness (QED) is 0.745. The molecule has 0 saturated heterocycles. The first-order chi connectivity index (χ1) is 9.02. The predicted octanol–water partition coefficient (Wildman–Crippen LogP) is 1.46. The average molecular weight is 264 g/mol. The van der Waals surface area contributed by atoms with Gasteiger partial charge in [0.2, 0.25) is 5.91 Å². The lowest BCUT2D eigenvalue weighted by molar-refractivity contribution is -0.119. The van der Waals surface area contributed by atoms with Gasteiger partial charge >= 0.3 is 0 Å². The van der Waals surface area contributed by atoms with Gasteiger partial charge in [0.25, 0.3) is 0 Å². The summed E-state index contributed by atoms with van der Waals surface area (Å²) in [6.07, 6.45) is 1.77. The smallest absolute Gasteiger partial charge is 0.231 e. The molecule has 0 aliphatic carbocycles. The number of carbonyl (C=O) groups is 1. The number of primary amides is 1. The number of aromatic nitrogens is 1. The van der Waals surface area contributed by atoms with Crippen molar-refractivity contribution in [2.24, 2.45) is 11.7 Å². The third-order valence-corrected chi connectivity index (χ3v) is 2.63. The summed E-state index contributed by atoms with van der Waals surface area (Å²) >= 11 is 0. The number of nitrogens with two attached hydrogens (primary N) is 1. The van der Waals surface area contributed by atoms with Gasteiger partial charge in [-0.25, -0.2) is 4.98 Å². The number of pyridine rings is 1. The fourth-order valence-electron chi connectivity index (χ4n) is 2.06. The summed E-state index contributed by atoms with van der Waals surface area (Å²) in [5.41, 5.74) is 6.40. The number of nitrogens with one attached hydrogen (secondary N) is 1. The second-order valence-electron chi connectivity index (χ2n) is 5.07. The first-order valence-electron chi connectivity index (χ1n) is 6.71. The van der Waals surface area contributed by atoms with E-state index in [0.717, 1.165) is 24.5 Å². The van der Waals surface area contributed by atoms with E-state index >= 15 is 0 Å². The molecule has 0 radical (unpaired) electrons. The van der Waals surface area contributed by atoms with Crippen LogP contribution in [0.3, 0.4) is 0 Å². The van der Waals surface area contributed by atoms with E-state index in [4.69, 9.17) is 5.73 Å². The van der Waals surface area contributed by atoms with Crippen molar-refractivity contribution in [2.45, 2.75) is 27.3 Å². The fourth-order valence-corrected chi connectivity index (χ4v) is 2.06. The van der Waals surface area contributed by atoms with Gasteiger partial charge in [-0.3, -0.25) is 9.69 Å². The Morgan fingerprint density at radius 3 is 2.84 bits per heavy atom. The van der Waals surface area contributed by atoms with E-state index < -0.39 is 0 Å². The molecule has 5 heteroatoms. The Morgan fingerprint density at radius 2 is 2.26 bits per heavy atom. The Kier molecular flexibility index (Phi) is 6.29. The summed E-state index contributed by atoms with van der Waals surface area (Å²) in [4.78, 5) is 17.5. The number of nitrogens with zero attached hydrogens (tertiary/aromatic N) is 2. The number of amides is 1. The lowest BCUT2D eigenvalue weighted by Gasteiger charge is -2.23. The van der Waals surface area contributed by atoms with Gasteiger partial charge in [-0.05, 0) is 18.9 Å². The molecule has 1 aromatic heterocycles. The highest BCUT2D eigenvalue weighted by Gasteiger charge is 2.13. The van der Waals surface area contributed by atoms with Crippen LogP contribution >= 0.6 is 0 Å². The average Bonchev–Trinajstić information content (AvgIpc) is 2.30. The minimum atomic E-state index is -0.297. The van der Waals surface area contributed by atoms with Crippen molar-refractivity contribution in [3.05, 3.63) is 23.9 Å². The minimum Gasteiger partial charge on any atom is -0.370 e. The van der Waals surface area contributed by atoms with Crippen molar-refractivity contribution in [2.75, 3.05) is 25.0 Å². The summed E-state index contributed by atoms with van der Waals surface area (Å²) in [6, 6.07) is 3.94. The molecule has 0 spiro atoms. The van der Waals surface area contributed by atoms with Gasteiger partial charge in [-0.2, -0.15) is 0 Å². The van der Waals surface area contributed by atoms with Crippen molar-refractivity contribution in [1.29, 1.82) is 0 Å². The van der Waals surface area contributed by atoms with E-state index in [1.165, 1.54) is 0 Å². The van der Waals surface area contributed by atoms with Crippen molar-refractivity contribution in [1.82, 2.24) is 9.88 Å².